The molecule has 2 N–H and O–H groups in total. The van der Waals surface area contributed by atoms with E-state index in [4.69, 9.17) is 0 Å². The molecule has 0 spiro atoms. The minimum absolute atomic E-state index is 0.0948. The van der Waals surface area contributed by atoms with E-state index in [-0.39, 0.29) is 12.5 Å². The van der Waals surface area contributed by atoms with Gasteiger partial charge in [0.1, 0.15) is 5.41 Å². The van der Waals surface area contributed by atoms with Crippen molar-refractivity contribution >= 4 is 11.9 Å². The number of amides is 1. The smallest absolute Gasteiger partial charge is 0.311 e. The van der Waals surface area contributed by atoms with E-state index in [0.717, 1.165) is 12.8 Å². The molecule has 5 heteroatoms. The van der Waals surface area contributed by atoms with Crippen molar-refractivity contribution in [2.75, 3.05) is 6.54 Å². The molecule has 1 saturated carbocycles. The van der Waals surface area contributed by atoms with Crippen LogP contribution >= 0.6 is 0 Å². The second-order valence-electron chi connectivity index (χ2n) is 5.38. The summed E-state index contributed by atoms with van der Waals surface area (Å²) < 4.78 is 0. The van der Waals surface area contributed by atoms with Crippen LogP contribution in [0.15, 0.2) is 0 Å². The van der Waals surface area contributed by atoms with Crippen LogP contribution in [-0.4, -0.2) is 23.5 Å². The fraction of sp³-hybridized carbons (Fsp3) is 0.786. The molecule has 1 rings (SSSR count). The standard InChI is InChI=1S/C14H22N2O3/c1-3-13(4-2,12(18)19)10-16-11(17)14(9-15)7-5-6-8-14/h3-8,10H2,1-2H3,(H,16,17)(H,18,19). The molecule has 0 aromatic rings. The lowest BCUT2D eigenvalue weighted by molar-refractivity contribution is -0.149. The predicted molar refractivity (Wildman–Crippen MR) is 70.2 cm³/mol. The summed E-state index contributed by atoms with van der Waals surface area (Å²) >= 11 is 0. The first-order chi connectivity index (χ1) is 8.96. The molecule has 0 saturated heterocycles. The number of aliphatic carboxylic acids is 1. The van der Waals surface area contributed by atoms with Crippen LogP contribution in [0.1, 0.15) is 52.4 Å². The van der Waals surface area contributed by atoms with Gasteiger partial charge in [0.05, 0.1) is 11.5 Å². The van der Waals surface area contributed by atoms with E-state index in [1.807, 2.05) is 0 Å². The Kier molecular flexibility index (Phi) is 4.93. The van der Waals surface area contributed by atoms with E-state index in [9.17, 15) is 20.0 Å². The molecule has 5 nitrogen and oxygen atoms in total. The summed E-state index contributed by atoms with van der Waals surface area (Å²) in [5, 5.41) is 21.2. The summed E-state index contributed by atoms with van der Waals surface area (Å²) in [6.07, 6.45) is 3.83. The fourth-order valence-electron chi connectivity index (χ4n) is 2.66. The van der Waals surface area contributed by atoms with Crippen molar-refractivity contribution in [3.05, 3.63) is 0 Å². The Balaban J connectivity index is 2.72. The molecular weight excluding hydrogens is 244 g/mol. The zero-order chi connectivity index (χ0) is 14.5. The number of carbonyl (C=O) groups excluding carboxylic acids is 1. The third kappa shape index (κ3) is 2.89. The lowest BCUT2D eigenvalue weighted by Gasteiger charge is -2.29. The van der Waals surface area contributed by atoms with Gasteiger partial charge in [0, 0.05) is 6.54 Å². The summed E-state index contributed by atoms with van der Waals surface area (Å²) in [4.78, 5) is 23.5. The van der Waals surface area contributed by atoms with Crippen LogP contribution in [0.2, 0.25) is 0 Å². The number of hydrogen-bond donors (Lipinski definition) is 2. The number of carboxylic acids is 1. The topological polar surface area (TPSA) is 90.2 Å². The number of carboxylic acid groups (broad SMARTS) is 1. The Morgan fingerprint density at radius 2 is 1.84 bits per heavy atom. The highest BCUT2D eigenvalue weighted by Gasteiger charge is 2.43. The van der Waals surface area contributed by atoms with Gasteiger partial charge in [-0.1, -0.05) is 26.7 Å². The molecule has 1 aliphatic carbocycles. The Morgan fingerprint density at radius 3 is 2.21 bits per heavy atom. The van der Waals surface area contributed by atoms with E-state index in [0.29, 0.717) is 25.7 Å². The molecule has 0 aromatic heterocycles. The highest BCUT2D eigenvalue weighted by molar-refractivity contribution is 5.86. The number of nitriles is 1. The van der Waals surface area contributed by atoms with Gasteiger partial charge in [-0.3, -0.25) is 9.59 Å². The summed E-state index contributed by atoms with van der Waals surface area (Å²) in [6, 6.07) is 2.12. The summed E-state index contributed by atoms with van der Waals surface area (Å²) in [7, 11) is 0. The molecular formula is C14H22N2O3. The van der Waals surface area contributed by atoms with E-state index in [1.54, 1.807) is 13.8 Å². The van der Waals surface area contributed by atoms with Crippen LogP contribution < -0.4 is 5.32 Å². The highest BCUT2D eigenvalue weighted by atomic mass is 16.4. The molecule has 0 aliphatic heterocycles. The summed E-state index contributed by atoms with van der Waals surface area (Å²) in [5.41, 5.74) is -1.86. The Hall–Kier alpha value is -1.57. The van der Waals surface area contributed by atoms with Gasteiger partial charge in [0.15, 0.2) is 0 Å². The Bertz CT molecular complexity index is 388. The maximum Gasteiger partial charge on any atom is 0.311 e. The number of carbonyl (C=O) groups is 2. The van der Waals surface area contributed by atoms with Crippen LogP contribution in [0.3, 0.4) is 0 Å². The minimum atomic E-state index is -0.939. The lowest BCUT2D eigenvalue weighted by atomic mass is 9.81. The zero-order valence-electron chi connectivity index (χ0n) is 11.7. The van der Waals surface area contributed by atoms with Crippen molar-refractivity contribution in [1.29, 1.82) is 5.26 Å². The molecule has 0 aromatic carbocycles. The van der Waals surface area contributed by atoms with Crippen LogP contribution in [0.4, 0.5) is 0 Å². The van der Waals surface area contributed by atoms with E-state index in [1.165, 1.54) is 0 Å². The molecule has 1 amide bonds. The normalized spacial score (nSPS) is 17.7. The Labute approximate surface area is 114 Å². The average Bonchev–Trinajstić information content (AvgIpc) is 2.90. The van der Waals surface area contributed by atoms with Gasteiger partial charge >= 0.3 is 5.97 Å². The summed E-state index contributed by atoms with van der Waals surface area (Å²) in [5.74, 6) is -1.20. The van der Waals surface area contributed by atoms with Crippen LogP contribution in [-0.2, 0) is 9.59 Å². The van der Waals surface area contributed by atoms with E-state index >= 15 is 0 Å². The van der Waals surface area contributed by atoms with E-state index < -0.39 is 16.8 Å². The minimum Gasteiger partial charge on any atom is -0.481 e. The van der Waals surface area contributed by atoms with Gasteiger partial charge in [0.25, 0.3) is 0 Å². The van der Waals surface area contributed by atoms with Gasteiger partial charge in [-0.25, -0.2) is 0 Å². The first-order valence-corrected chi connectivity index (χ1v) is 6.89. The third-order valence-corrected chi connectivity index (χ3v) is 4.50. The molecule has 106 valence electrons. The van der Waals surface area contributed by atoms with Crippen LogP contribution in [0, 0.1) is 22.2 Å². The van der Waals surface area contributed by atoms with Crippen molar-refractivity contribution in [2.24, 2.45) is 10.8 Å². The van der Waals surface area contributed by atoms with Crippen molar-refractivity contribution in [3.63, 3.8) is 0 Å². The largest absolute Gasteiger partial charge is 0.481 e. The number of nitrogens with zero attached hydrogens (tertiary/aromatic N) is 1. The molecule has 19 heavy (non-hydrogen) atoms. The van der Waals surface area contributed by atoms with Crippen LogP contribution in [0.5, 0.6) is 0 Å². The van der Waals surface area contributed by atoms with Crippen LogP contribution in [0.25, 0.3) is 0 Å². The van der Waals surface area contributed by atoms with Crippen molar-refractivity contribution in [3.8, 4) is 6.07 Å². The first-order valence-electron chi connectivity index (χ1n) is 6.89. The molecule has 0 atom stereocenters. The second kappa shape index (κ2) is 6.05. The number of nitrogens with one attached hydrogen (secondary N) is 1. The number of rotatable bonds is 6. The first kappa shape index (κ1) is 15.5. The third-order valence-electron chi connectivity index (χ3n) is 4.50. The number of hydrogen-bond acceptors (Lipinski definition) is 3. The second-order valence-corrected chi connectivity index (χ2v) is 5.38. The summed E-state index contributed by atoms with van der Waals surface area (Å²) in [6.45, 7) is 3.70. The molecule has 1 fully saturated rings. The van der Waals surface area contributed by atoms with Gasteiger partial charge in [-0.15, -0.1) is 0 Å². The van der Waals surface area contributed by atoms with Gasteiger partial charge in [0.2, 0.25) is 5.91 Å². The molecule has 0 radical (unpaired) electrons. The molecule has 0 bridgehead atoms. The fourth-order valence-corrected chi connectivity index (χ4v) is 2.66. The van der Waals surface area contributed by atoms with E-state index in [2.05, 4.69) is 11.4 Å². The Morgan fingerprint density at radius 1 is 1.32 bits per heavy atom. The zero-order valence-corrected chi connectivity index (χ0v) is 11.7. The van der Waals surface area contributed by atoms with Gasteiger partial charge in [-0.05, 0) is 25.7 Å². The maximum absolute atomic E-state index is 12.2. The molecule has 0 heterocycles. The molecule has 1 aliphatic rings. The van der Waals surface area contributed by atoms with Gasteiger partial charge in [-0.2, -0.15) is 5.26 Å². The van der Waals surface area contributed by atoms with Crippen molar-refractivity contribution in [2.45, 2.75) is 52.4 Å². The monoisotopic (exact) mass is 266 g/mol. The lowest BCUT2D eigenvalue weighted by Crippen LogP contribution is -2.46. The highest BCUT2D eigenvalue weighted by Crippen LogP contribution is 2.38. The average molecular weight is 266 g/mol. The molecule has 0 unspecified atom stereocenters. The van der Waals surface area contributed by atoms with Gasteiger partial charge < -0.3 is 10.4 Å². The predicted octanol–water partition coefficient (Wildman–Crippen LogP) is 2.08. The maximum atomic E-state index is 12.2. The SMILES string of the molecule is CCC(CC)(CNC(=O)C1(C#N)CCCC1)C(=O)O. The quantitative estimate of drug-likeness (QED) is 0.770. The van der Waals surface area contributed by atoms with Crippen molar-refractivity contribution < 1.29 is 14.7 Å². The van der Waals surface area contributed by atoms with Crippen molar-refractivity contribution in [1.82, 2.24) is 5.32 Å².